The number of aryl methyl sites for hydroxylation is 1. The minimum absolute atomic E-state index is 0.273. The molecule has 0 atom stereocenters. The maximum absolute atomic E-state index is 12.3. The van der Waals surface area contributed by atoms with Gasteiger partial charge in [-0.3, -0.25) is 14.3 Å². The van der Waals surface area contributed by atoms with Gasteiger partial charge in [0.2, 0.25) is 0 Å². The molecule has 5 heteroatoms. The van der Waals surface area contributed by atoms with Gasteiger partial charge in [0.15, 0.2) is 5.69 Å². The Morgan fingerprint density at radius 2 is 1.86 bits per heavy atom. The summed E-state index contributed by atoms with van der Waals surface area (Å²) in [7, 11) is 1.80. The molecule has 0 aliphatic heterocycles. The quantitative estimate of drug-likeness (QED) is 0.750. The van der Waals surface area contributed by atoms with E-state index in [9.17, 15) is 9.59 Å². The summed E-state index contributed by atoms with van der Waals surface area (Å²) in [6, 6.07) is 14.2. The second-order valence-electron chi connectivity index (χ2n) is 4.68. The van der Waals surface area contributed by atoms with Gasteiger partial charge >= 0.3 is 0 Å². The number of nitrogens with zero attached hydrogens (tertiary/aromatic N) is 2. The van der Waals surface area contributed by atoms with E-state index in [1.165, 1.54) is 0 Å². The fourth-order valence-corrected chi connectivity index (χ4v) is 2.22. The number of benzene rings is 2. The Hall–Kier alpha value is -2.95. The first-order valence-corrected chi connectivity index (χ1v) is 6.47. The molecule has 0 radical (unpaired) electrons. The highest BCUT2D eigenvalue weighted by Gasteiger charge is 2.15. The molecular weight excluding hydrogens is 266 g/mol. The van der Waals surface area contributed by atoms with Gasteiger partial charge in [-0.1, -0.05) is 18.2 Å². The molecule has 0 saturated carbocycles. The Kier molecular flexibility index (Phi) is 3.23. The number of amides is 1. The fraction of sp³-hybridized carbons (Fsp3) is 0.0625. The predicted molar refractivity (Wildman–Crippen MR) is 80.5 cm³/mol. The Morgan fingerprint density at radius 3 is 2.57 bits per heavy atom. The Morgan fingerprint density at radius 1 is 1.14 bits per heavy atom. The van der Waals surface area contributed by atoms with Crippen LogP contribution in [-0.2, 0) is 7.05 Å². The summed E-state index contributed by atoms with van der Waals surface area (Å²) in [5, 5.41) is 7.86. The van der Waals surface area contributed by atoms with E-state index >= 15 is 0 Å². The largest absolute Gasteiger partial charge is 0.321 e. The van der Waals surface area contributed by atoms with Gasteiger partial charge < -0.3 is 5.32 Å². The van der Waals surface area contributed by atoms with E-state index in [0.29, 0.717) is 16.9 Å². The van der Waals surface area contributed by atoms with Gasteiger partial charge in [-0.2, -0.15) is 5.10 Å². The van der Waals surface area contributed by atoms with Crippen LogP contribution in [0.4, 0.5) is 5.69 Å². The van der Waals surface area contributed by atoms with E-state index in [-0.39, 0.29) is 5.91 Å². The third-order valence-corrected chi connectivity index (χ3v) is 3.28. The number of carbonyl (C=O) groups excluding carboxylic acids is 2. The van der Waals surface area contributed by atoms with E-state index in [2.05, 4.69) is 10.4 Å². The van der Waals surface area contributed by atoms with Gasteiger partial charge in [0.1, 0.15) is 6.29 Å². The van der Waals surface area contributed by atoms with Crippen molar-refractivity contribution in [3.63, 3.8) is 0 Å². The lowest BCUT2D eigenvalue weighted by atomic mass is 10.2. The van der Waals surface area contributed by atoms with E-state index in [0.717, 1.165) is 17.2 Å². The minimum atomic E-state index is -0.273. The number of rotatable bonds is 3. The van der Waals surface area contributed by atoms with Crippen LogP contribution in [0.25, 0.3) is 10.9 Å². The van der Waals surface area contributed by atoms with Crippen molar-refractivity contribution >= 4 is 28.8 Å². The van der Waals surface area contributed by atoms with Crippen LogP contribution in [0.2, 0.25) is 0 Å². The number of para-hydroxylation sites is 1. The number of hydrogen-bond donors (Lipinski definition) is 1. The second-order valence-corrected chi connectivity index (χ2v) is 4.68. The highest BCUT2D eigenvalue weighted by atomic mass is 16.2. The molecule has 1 amide bonds. The number of aromatic nitrogens is 2. The Labute approximate surface area is 121 Å². The first-order valence-electron chi connectivity index (χ1n) is 6.47. The van der Waals surface area contributed by atoms with Crippen molar-refractivity contribution in [2.24, 2.45) is 7.05 Å². The minimum Gasteiger partial charge on any atom is -0.321 e. The zero-order valence-electron chi connectivity index (χ0n) is 11.4. The standard InChI is InChI=1S/C16H13N3O2/c1-19-14-5-3-2-4-13(14)15(18-19)16(21)17-12-8-6-11(10-20)7-9-12/h2-10H,1H3,(H,17,21). The summed E-state index contributed by atoms with van der Waals surface area (Å²) in [5.74, 6) is -0.273. The lowest BCUT2D eigenvalue weighted by Gasteiger charge is -2.03. The van der Waals surface area contributed by atoms with Crippen LogP contribution in [-0.4, -0.2) is 22.0 Å². The van der Waals surface area contributed by atoms with Gasteiger partial charge in [0.25, 0.3) is 5.91 Å². The van der Waals surface area contributed by atoms with Crippen LogP contribution >= 0.6 is 0 Å². The van der Waals surface area contributed by atoms with Crippen LogP contribution in [0.1, 0.15) is 20.8 Å². The van der Waals surface area contributed by atoms with Gasteiger partial charge in [0.05, 0.1) is 5.52 Å². The maximum atomic E-state index is 12.3. The molecule has 1 heterocycles. The smallest absolute Gasteiger partial charge is 0.276 e. The van der Waals surface area contributed by atoms with E-state index < -0.39 is 0 Å². The van der Waals surface area contributed by atoms with Crippen molar-refractivity contribution in [1.82, 2.24) is 9.78 Å². The van der Waals surface area contributed by atoms with E-state index in [4.69, 9.17) is 0 Å². The molecule has 0 fully saturated rings. The molecule has 5 nitrogen and oxygen atoms in total. The topological polar surface area (TPSA) is 64.0 Å². The molecule has 0 unspecified atom stereocenters. The molecule has 1 N–H and O–H groups in total. The summed E-state index contributed by atoms with van der Waals surface area (Å²) >= 11 is 0. The van der Waals surface area contributed by atoms with Crippen LogP contribution in [0, 0.1) is 0 Å². The van der Waals surface area contributed by atoms with Crippen molar-refractivity contribution in [1.29, 1.82) is 0 Å². The highest BCUT2D eigenvalue weighted by Crippen LogP contribution is 2.19. The van der Waals surface area contributed by atoms with Gasteiger partial charge in [-0.25, -0.2) is 0 Å². The average Bonchev–Trinajstić information content (AvgIpc) is 2.86. The van der Waals surface area contributed by atoms with Crippen molar-refractivity contribution in [3.8, 4) is 0 Å². The molecule has 0 saturated heterocycles. The molecule has 3 rings (SSSR count). The molecule has 0 aliphatic rings. The van der Waals surface area contributed by atoms with E-state index in [1.54, 1.807) is 36.0 Å². The number of hydrogen-bond acceptors (Lipinski definition) is 3. The Bertz CT molecular complexity index is 819. The lowest BCUT2D eigenvalue weighted by Crippen LogP contribution is -2.13. The molecule has 0 aliphatic carbocycles. The van der Waals surface area contributed by atoms with Gasteiger partial charge in [-0.15, -0.1) is 0 Å². The third kappa shape index (κ3) is 2.41. The molecule has 0 bridgehead atoms. The van der Waals surface area contributed by atoms with Crippen LogP contribution in [0.5, 0.6) is 0 Å². The number of fused-ring (bicyclic) bond motifs is 1. The van der Waals surface area contributed by atoms with Crippen LogP contribution < -0.4 is 5.32 Å². The lowest BCUT2D eigenvalue weighted by molar-refractivity contribution is 0.102. The van der Waals surface area contributed by atoms with Crippen molar-refractivity contribution in [2.45, 2.75) is 0 Å². The molecule has 1 aromatic heterocycles. The van der Waals surface area contributed by atoms with Crippen molar-refractivity contribution in [2.75, 3.05) is 5.32 Å². The zero-order valence-corrected chi connectivity index (χ0v) is 11.4. The zero-order chi connectivity index (χ0) is 14.8. The second kappa shape index (κ2) is 5.20. The van der Waals surface area contributed by atoms with Crippen LogP contribution in [0.3, 0.4) is 0 Å². The molecule has 21 heavy (non-hydrogen) atoms. The normalized spacial score (nSPS) is 10.5. The fourth-order valence-electron chi connectivity index (χ4n) is 2.22. The molecule has 2 aromatic carbocycles. The molecular formula is C16H13N3O2. The first kappa shape index (κ1) is 13.1. The highest BCUT2D eigenvalue weighted by molar-refractivity contribution is 6.11. The summed E-state index contributed by atoms with van der Waals surface area (Å²) in [6.07, 6.45) is 0.762. The first-order chi connectivity index (χ1) is 10.2. The van der Waals surface area contributed by atoms with Crippen molar-refractivity contribution < 1.29 is 9.59 Å². The molecule has 0 spiro atoms. The number of carbonyl (C=O) groups is 2. The average molecular weight is 279 g/mol. The van der Waals surface area contributed by atoms with Crippen molar-refractivity contribution in [3.05, 3.63) is 59.8 Å². The third-order valence-electron chi connectivity index (χ3n) is 3.28. The molecule has 104 valence electrons. The number of aldehydes is 1. The van der Waals surface area contributed by atoms with Crippen LogP contribution in [0.15, 0.2) is 48.5 Å². The summed E-state index contributed by atoms with van der Waals surface area (Å²) < 4.78 is 1.68. The SMILES string of the molecule is Cn1nc(C(=O)Nc2ccc(C=O)cc2)c2ccccc21. The van der Waals surface area contributed by atoms with Gasteiger partial charge in [-0.05, 0) is 30.3 Å². The number of anilines is 1. The Balaban J connectivity index is 1.91. The summed E-state index contributed by atoms with van der Waals surface area (Å²) in [4.78, 5) is 22.9. The number of nitrogens with one attached hydrogen (secondary N) is 1. The maximum Gasteiger partial charge on any atom is 0.276 e. The molecule has 3 aromatic rings. The summed E-state index contributed by atoms with van der Waals surface area (Å²) in [6.45, 7) is 0. The monoisotopic (exact) mass is 279 g/mol. The summed E-state index contributed by atoms with van der Waals surface area (Å²) in [5.41, 5.74) is 2.48. The van der Waals surface area contributed by atoms with Gasteiger partial charge in [0, 0.05) is 23.7 Å². The predicted octanol–water partition coefficient (Wildman–Crippen LogP) is 2.64. The van der Waals surface area contributed by atoms with E-state index in [1.807, 2.05) is 24.3 Å².